The molecule has 1 nitrogen and oxygen atoms in total. The highest BCUT2D eigenvalue weighted by atomic mass is 16.1. The SMILES string of the molecule is CCC1CCC(C(=O)CCc2ccc(C)cc2)CC1. The number of rotatable bonds is 5. The van der Waals surface area contributed by atoms with E-state index in [2.05, 4.69) is 38.1 Å². The molecule has 0 radical (unpaired) electrons. The quantitative estimate of drug-likeness (QED) is 0.747. The first-order valence-electron chi connectivity index (χ1n) is 7.77. The van der Waals surface area contributed by atoms with Gasteiger partial charge in [-0.05, 0) is 50.5 Å². The van der Waals surface area contributed by atoms with Gasteiger partial charge in [0.15, 0.2) is 0 Å². The zero-order chi connectivity index (χ0) is 13.7. The van der Waals surface area contributed by atoms with Gasteiger partial charge in [-0.3, -0.25) is 4.79 Å². The minimum Gasteiger partial charge on any atom is -0.299 e. The third-order valence-electron chi connectivity index (χ3n) is 4.66. The molecule has 0 aliphatic heterocycles. The number of hydrogen-bond acceptors (Lipinski definition) is 1. The summed E-state index contributed by atoms with van der Waals surface area (Å²) in [5.74, 6) is 1.73. The first-order chi connectivity index (χ1) is 9.19. The molecule has 0 saturated heterocycles. The van der Waals surface area contributed by atoms with Gasteiger partial charge in [0.25, 0.3) is 0 Å². The number of carbonyl (C=O) groups excluding carboxylic acids is 1. The van der Waals surface area contributed by atoms with E-state index >= 15 is 0 Å². The number of benzene rings is 1. The lowest BCUT2D eigenvalue weighted by Gasteiger charge is -2.26. The molecule has 0 amide bonds. The molecule has 1 saturated carbocycles. The highest BCUT2D eigenvalue weighted by Crippen LogP contribution is 2.31. The summed E-state index contributed by atoms with van der Waals surface area (Å²) in [7, 11) is 0. The first kappa shape index (κ1) is 14.3. The molecule has 1 fully saturated rings. The molecule has 0 spiro atoms. The van der Waals surface area contributed by atoms with Gasteiger partial charge in [-0.2, -0.15) is 0 Å². The molecule has 19 heavy (non-hydrogen) atoms. The van der Waals surface area contributed by atoms with Crippen LogP contribution in [0.2, 0.25) is 0 Å². The van der Waals surface area contributed by atoms with Crippen LogP contribution in [0.3, 0.4) is 0 Å². The molecular formula is C18H26O. The number of ketones is 1. The van der Waals surface area contributed by atoms with Crippen LogP contribution in [0.25, 0.3) is 0 Å². The Labute approximate surface area is 117 Å². The molecule has 0 N–H and O–H groups in total. The van der Waals surface area contributed by atoms with Crippen molar-refractivity contribution < 1.29 is 4.79 Å². The van der Waals surface area contributed by atoms with Crippen LogP contribution in [0.5, 0.6) is 0 Å². The van der Waals surface area contributed by atoms with Gasteiger partial charge < -0.3 is 0 Å². The highest BCUT2D eigenvalue weighted by Gasteiger charge is 2.24. The standard InChI is InChI=1S/C18H26O/c1-3-15-8-11-17(12-9-15)18(19)13-10-16-6-4-14(2)5-7-16/h4-7,15,17H,3,8-13H2,1-2H3. The van der Waals surface area contributed by atoms with Crippen molar-refractivity contribution in [3.8, 4) is 0 Å². The normalized spacial score (nSPS) is 23.3. The molecule has 1 aliphatic carbocycles. The van der Waals surface area contributed by atoms with Crippen LogP contribution >= 0.6 is 0 Å². The zero-order valence-electron chi connectivity index (χ0n) is 12.3. The monoisotopic (exact) mass is 258 g/mol. The molecule has 0 unspecified atom stereocenters. The zero-order valence-corrected chi connectivity index (χ0v) is 12.3. The van der Waals surface area contributed by atoms with E-state index in [0.29, 0.717) is 11.7 Å². The van der Waals surface area contributed by atoms with Crippen molar-refractivity contribution in [1.29, 1.82) is 0 Å². The predicted octanol–water partition coefficient (Wildman–Crippen LogP) is 4.71. The van der Waals surface area contributed by atoms with Gasteiger partial charge in [0.05, 0.1) is 0 Å². The van der Waals surface area contributed by atoms with E-state index in [9.17, 15) is 4.79 Å². The minimum absolute atomic E-state index is 0.355. The summed E-state index contributed by atoms with van der Waals surface area (Å²) in [6.07, 6.45) is 7.70. The van der Waals surface area contributed by atoms with Crippen molar-refractivity contribution in [2.75, 3.05) is 0 Å². The van der Waals surface area contributed by atoms with E-state index < -0.39 is 0 Å². The number of hydrogen-bond donors (Lipinski definition) is 0. The van der Waals surface area contributed by atoms with Crippen molar-refractivity contribution in [1.82, 2.24) is 0 Å². The summed E-state index contributed by atoms with van der Waals surface area (Å²) in [5, 5.41) is 0. The average molecular weight is 258 g/mol. The van der Waals surface area contributed by atoms with E-state index in [1.165, 1.54) is 30.4 Å². The Morgan fingerprint density at radius 3 is 2.32 bits per heavy atom. The first-order valence-corrected chi connectivity index (χ1v) is 7.77. The van der Waals surface area contributed by atoms with E-state index in [-0.39, 0.29) is 0 Å². The Hall–Kier alpha value is -1.11. The van der Waals surface area contributed by atoms with Gasteiger partial charge in [-0.15, -0.1) is 0 Å². The van der Waals surface area contributed by atoms with Gasteiger partial charge >= 0.3 is 0 Å². The van der Waals surface area contributed by atoms with E-state index in [4.69, 9.17) is 0 Å². The average Bonchev–Trinajstić information content (AvgIpc) is 2.46. The van der Waals surface area contributed by atoms with Gasteiger partial charge in [-0.25, -0.2) is 0 Å². The Morgan fingerprint density at radius 1 is 1.11 bits per heavy atom. The van der Waals surface area contributed by atoms with Crippen molar-refractivity contribution in [2.24, 2.45) is 11.8 Å². The number of aryl methyl sites for hydroxylation is 2. The highest BCUT2D eigenvalue weighted by molar-refractivity contribution is 5.81. The van der Waals surface area contributed by atoms with Crippen molar-refractivity contribution in [2.45, 2.75) is 58.8 Å². The van der Waals surface area contributed by atoms with Crippen molar-refractivity contribution in [3.63, 3.8) is 0 Å². The summed E-state index contributed by atoms with van der Waals surface area (Å²) in [5.41, 5.74) is 2.58. The lowest BCUT2D eigenvalue weighted by atomic mass is 9.78. The largest absolute Gasteiger partial charge is 0.299 e. The maximum absolute atomic E-state index is 12.2. The summed E-state index contributed by atoms with van der Waals surface area (Å²) in [6.45, 7) is 4.37. The molecule has 1 aliphatic rings. The van der Waals surface area contributed by atoms with E-state index in [1.54, 1.807) is 0 Å². The fraction of sp³-hybridized carbons (Fsp3) is 0.611. The fourth-order valence-electron chi connectivity index (χ4n) is 3.12. The van der Waals surface area contributed by atoms with Crippen LogP contribution in [0.1, 0.15) is 56.6 Å². The molecular weight excluding hydrogens is 232 g/mol. The van der Waals surface area contributed by atoms with Crippen LogP contribution in [0, 0.1) is 18.8 Å². The maximum atomic E-state index is 12.2. The molecule has 0 aromatic heterocycles. The fourth-order valence-corrected chi connectivity index (χ4v) is 3.12. The molecule has 104 valence electrons. The Bertz CT molecular complexity index is 396. The van der Waals surface area contributed by atoms with Crippen LogP contribution < -0.4 is 0 Å². The summed E-state index contributed by atoms with van der Waals surface area (Å²) < 4.78 is 0. The smallest absolute Gasteiger partial charge is 0.136 e. The van der Waals surface area contributed by atoms with Gasteiger partial charge in [-0.1, -0.05) is 43.2 Å². The Morgan fingerprint density at radius 2 is 1.74 bits per heavy atom. The summed E-state index contributed by atoms with van der Waals surface area (Å²) in [6, 6.07) is 8.56. The summed E-state index contributed by atoms with van der Waals surface area (Å²) >= 11 is 0. The molecule has 0 atom stereocenters. The van der Waals surface area contributed by atoms with Gasteiger partial charge in [0, 0.05) is 12.3 Å². The van der Waals surface area contributed by atoms with Crippen LogP contribution in [0.15, 0.2) is 24.3 Å². The molecule has 2 rings (SSSR count). The third-order valence-corrected chi connectivity index (χ3v) is 4.66. The minimum atomic E-state index is 0.355. The van der Waals surface area contributed by atoms with Crippen LogP contribution in [-0.4, -0.2) is 5.78 Å². The van der Waals surface area contributed by atoms with Crippen molar-refractivity contribution in [3.05, 3.63) is 35.4 Å². The van der Waals surface area contributed by atoms with E-state index in [1.807, 2.05) is 0 Å². The topological polar surface area (TPSA) is 17.1 Å². The van der Waals surface area contributed by atoms with Gasteiger partial charge in [0.2, 0.25) is 0 Å². The second kappa shape index (κ2) is 6.88. The Balaban J connectivity index is 1.77. The second-order valence-corrected chi connectivity index (χ2v) is 6.08. The number of carbonyl (C=O) groups is 1. The molecule has 1 aromatic carbocycles. The van der Waals surface area contributed by atoms with Crippen LogP contribution in [0.4, 0.5) is 0 Å². The van der Waals surface area contributed by atoms with Crippen molar-refractivity contribution >= 4 is 5.78 Å². The summed E-state index contributed by atoms with van der Waals surface area (Å²) in [4.78, 5) is 12.2. The predicted molar refractivity (Wildman–Crippen MR) is 80.2 cm³/mol. The lowest BCUT2D eigenvalue weighted by Crippen LogP contribution is -2.21. The molecule has 1 heteroatoms. The molecule has 1 aromatic rings. The molecule has 0 heterocycles. The van der Waals surface area contributed by atoms with Gasteiger partial charge in [0.1, 0.15) is 5.78 Å². The van der Waals surface area contributed by atoms with Crippen LogP contribution in [-0.2, 0) is 11.2 Å². The number of Topliss-reactive ketones (excluding diaryl/α,β-unsaturated/α-hetero) is 1. The third kappa shape index (κ3) is 4.19. The maximum Gasteiger partial charge on any atom is 0.136 e. The Kier molecular flexibility index (Phi) is 5.18. The lowest BCUT2D eigenvalue weighted by molar-refractivity contribution is -0.124. The second-order valence-electron chi connectivity index (χ2n) is 6.08. The van der Waals surface area contributed by atoms with E-state index in [0.717, 1.165) is 31.6 Å². The molecule has 0 bridgehead atoms.